The molecule has 3 rings (SSSR count). The Kier molecular flexibility index (Phi) is 5.89. The molecule has 7 heteroatoms. The maximum Gasteiger partial charge on any atom is 0.215 e. The molecule has 1 atom stereocenters. The van der Waals surface area contributed by atoms with Gasteiger partial charge in [0.2, 0.25) is 10.0 Å². The lowest BCUT2D eigenvalue weighted by atomic mass is 10.1. The van der Waals surface area contributed by atoms with Crippen LogP contribution in [0.2, 0.25) is 10.0 Å². The van der Waals surface area contributed by atoms with E-state index in [2.05, 4.69) is 9.62 Å². The molecule has 134 valence electrons. The van der Waals surface area contributed by atoms with E-state index in [0.717, 1.165) is 25.2 Å². The minimum atomic E-state index is -3.40. The monoisotopic (exact) mass is 398 g/mol. The van der Waals surface area contributed by atoms with Crippen molar-refractivity contribution in [2.24, 2.45) is 5.92 Å². The Morgan fingerprint density at radius 1 is 1.08 bits per heavy atom. The van der Waals surface area contributed by atoms with E-state index in [1.54, 1.807) is 24.3 Å². The molecule has 0 aliphatic carbocycles. The van der Waals surface area contributed by atoms with Crippen LogP contribution in [0.3, 0.4) is 0 Å². The summed E-state index contributed by atoms with van der Waals surface area (Å²) in [5.41, 5.74) is 1.73. The zero-order chi connectivity index (χ0) is 17.9. The summed E-state index contributed by atoms with van der Waals surface area (Å²) in [7, 11) is -3.40. The summed E-state index contributed by atoms with van der Waals surface area (Å²) in [6.45, 7) is 2.19. The molecule has 2 aromatic carbocycles. The molecule has 1 aliphatic rings. The first-order chi connectivity index (χ1) is 11.9. The van der Waals surface area contributed by atoms with Gasteiger partial charge in [-0.3, -0.25) is 0 Å². The van der Waals surface area contributed by atoms with E-state index >= 15 is 0 Å². The highest BCUT2D eigenvalue weighted by Crippen LogP contribution is 2.25. The molecule has 0 aromatic heterocycles. The highest BCUT2D eigenvalue weighted by molar-refractivity contribution is 7.88. The normalized spacial score (nSPS) is 17.8. The third-order valence-electron chi connectivity index (χ3n) is 4.37. The molecule has 1 aliphatic heterocycles. The van der Waals surface area contributed by atoms with Crippen LogP contribution in [0.5, 0.6) is 0 Å². The summed E-state index contributed by atoms with van der Waals surface area (Å²) in [6.07, 6.45) is 0.956. The second-order valence-corrected chi connectivity index (χ2v) is 8.93. The molecule has 1 heterocycles. The largest absolute Gasteiger partial charge is 0.371 e. The molecular weight excluding hydrogens is 379 g/mol. The minimum absolute atomic E-state index is 0.0969. The van der Waals surface area contributed by atoms with Gasteiger partial charge in [-0.2, -0.15) is 0 Å². The van der Waals surface area contributed by atoms with Crippen molar-refractivity contribution in [3.8, 4) is 0 Å². The van der Waals surface area contributed by atoms with Gasteiger partial charge in [-0.1, -0.05) is 41.4 Å². The number of rotatable bonds is 6. The van der Waals surface area contributed by atoms with Crippen molar-refractivity contribution in [1.29, 1.82) is 0 Å². The molecule has 4 nitrogen and oxygen atoms in total. The Labute approximate surface area is 158 Å². The Morgan fingerprint density at radius 2 is 1.80 bits per heavy atom. The number of benzene rings is 2. The molecule has 1 saturated heterocycles. The average Bonchev–Trinajstić information content (AvgIpc) is 3.05. The minimum Gasteiger partial charge on any atom is -0.371 e. The van der Waals surface area contributed by atoms with Crippen LogP contribution in [0.15, 0.2) is 48.5 Å². The lowest BCUT2D eigenvalue weighted by Crippen LogP contribution is -2.32. The zero-order valence-electron chi connectivity index (χ0n) is 13.7. The molecule has 1 N–H and O–H groups in total. The molecule has 2 aromatic rings. The van der Waals surface area contributed by atoms with Crippen LogP contribution in [-0.4, -0.2) is 28.1 Å². The predicted octanol–water partition coefficient (Wildman–Crippen LogP) is 3.94. The molecule has 0 radical (unpaired) electrons. The molecule has 0 saturated carbocycles. The van der Waals surface area contributed by atoms with Gasteiger partial charge >= 0.3 is 0 Å². The van der Waals surface area contributed by atoms with Gasteiger partial charge < -0.3 is 4.90 Å². The Hall–Kier alpha value is -1.27. The first-order valence-electron chi connectivity index (χ1n) is 8.14. The van der Waals surface area contributed by atoms with Crippen LogP contribution < -0.4 is 9.62 Å². The standard InChI is InChI=1S/C18H20Cl2N2O2S/c19-16-5-7-17(8-6-16)22-10-9-14(12-22)11-21-25(23,24)13-15-3-1-2-4-18(15)20/h1-8,14,21H,9-13H2. The highest BCUT2D eigenvalue weighted by Gasteiger charge is 2.24. The van der Waals surface area contributed by atoms with Crippen LogP contribution in [-0.2, 0) is 15.8 Å². The SMILES string of the molecule is O=S(=O)(Cc1ccccc1Cl)NCC1CCN(c2ccc(Cl)cc2)C1. The molecular formula is C18H20Cl2N2O2S. The highest BCUT2D eigenvalue weighted by atomic mass is 35.5. The van der Waals surface area contributed by atoms with E-state index in [1.807, 2.05) is 24.3 Å². The number of nitrogens with zero attached hydrogens (tertiary/aromatic N) is 1. The fraction of sp³-hybridized carbons (Fsp3) is 0.333. The molecule has 25 heavy (non-hydrogen) atoms. The van der Waals surface area contributed by atoms with Crippen molar-refractivity contribution < 1.29 is 8.42 Å². The fourth-order valence-corrected chi connectivity index (χ4v) is 4.66. The zero-order valence-corrected chi connectivity index (χ0v) is 16.0. The van der Waals surface area contributed by atoms with Crippen LogP contribution >= 0.6 is 23.2 Å². The van der Waals surface area contributed by atoms with Gasteiger partial charge in [0, 0.05) is 35.4 Å². The second kappa shape index (κ2) is 7.96. The molecule has 0 amide bonds. The van der Waals surface area contributed by atoms with Crippen molar-refractivity contribution >= 4 is 38.9 Å². The molecule has 0 bridgehead atoms. The predicted molar refractivity (Wildman–Crippen MR) is 104 cm³/mol. The third kappa shape index (κ3) is 5.11. The van der Waals surface area contributed by atoms with E-state index in [-0.39, 0.29) is 11.7 Å². The van der Waals surface area contributed by atoms with Gasteiger partial charge in [-0.05, 0) is 48.2 Å². The van der Waals surface area contributed by atoms with Gasteiger partial charge in [-0.25, -0.2) is 13.1 Å². The lowest BCUT2D eigenvalue weighted by Gasteiger charge is -2.19. The summed E-state index contributed by atoms with van der Waals surface area (Å²) >= 11 is 12.0. The number of sulfonamides is 1. The number of hydrogen-bond acceptors (Lipinski definition) is 3. The van der Waals surface area contributed by atoms with Crippen molar-refractivity contribution in [3.05, 3.63) is 64.1 Å². The summed E-state index contributed by atoms with van der Waals surface area (Å²) in [5.74, 6) is 0.192. The molecule has 1 fully saturated rings. The molecule has 0 spiro atoms. The van der Waals surface area contributed by atoms with Gasteiger partial charge in [0.25, 0.3) is 0 Å². The quantitative estimate of drug-likeness (QED) is 0.801. The van der Waals surface area contributed by atoms with E-state index < -0.39 is 10.0 Å². The van der Waals surface area contributed by atoms with Crippen LogP contribution in [0, 0.1) is 5.92 Å². The van der Waals surface area contributed by atoms with E-state index in [0.29, 0.717) is 22.2 Å². The smallest absolute Gasteiger partial charge is 0.215 e. The van der Waals surface area contributed by atoms with Crippen LogP contribution in [0.4, 0.5) is 5.69 Å². The summed E-state index contributed by atoms with van der Waals surface area (Å²) < 4.78 is 27.3. The topological polar surface area (TPSA) is 49.4 Å². The van der Waals surface area contributed by atoms with Crippen molar-refractivity contribution in [3.63, 3.8) is 0 Å². The van der Waals surface area contributed by atoms with Gasteiger partial charge in [0.1, 0.15) is 0 Å². The van der Waals surface area contributed by atoms with E-state index in [9.17, 15) is 8.42 Å². The first kappa shape index (κ1) is 18.5. The van der Waals surface area contributed by atoms with E-state index in [4.69, 9.17) is 23.2 Å². The number of halogens is 2. The van der Waals surface area contributed by atoms with Gasteiger partial charge in [0.15, 0.2) is 0 Å². The number of anilines is 1. The lowest BCUT2D eigenvalue weighted by molar-refractivity contribution is 0.541. The second-order valence-electron chi connectivity index (χ2n) is 6.28. The third-order valence-corrected chi connectivity index (χ3v) is 6.29. The summed E-state index contributed by atoms with van der Waals surface area (Å²) in [4.78, 5) is 2.25. The Balaban J connectivity index is 1.53. The summed E-state index contributed by atoms with van der Waals surface area (Å²) in [5, 5.41) is 1.19. The first-order valence-corrected chi connectivity index (χ1v) is 10.5. The fourth-order valence-electron chi connectivity index (χ4n) is 3.00. The van der Waals surface area contributed by atoms with Crippen LogP contribution in [0.1, 0.15) is 12.0 Å². The van der Waals surface area contributed by atoms with Gasteiger partial charge in [0.05, 0.1) is 5.75 Å². The Bertz CT molecular complexity index is 825. The average molecular weight is 399 g/mol. The maximum absolute atomic E-state index is 12.3. The number of hydrogen-bond donors (Lipinski definition) is 1. The van der Waals surface area contributed by atoms with Gasteiger partial charge in [-0.15, -0.1) is 0 Å². The van der Waals surface area contributed by atoms with Crippen molar-refractivity contribution in [1.82, 2.24) is 4.72 Å². The van der Waals surface area contributed by atoms with Crippen LogP contribution in [0.25, 0.3) is 0 Å². The number of nitrogens with one attached hydrogen (secondary N) is 1. The summed E-state index contributed by atoms with van der Waals surface area (Å²) in [6, 6.07) is 14.7. The molecule has 1 unspecified atom stereocenters. The Morgan fingerprint density at radius 3 is 2.52 bits per heavy atom. The van der Waals surface area contributed by atoms with Crippen molar-refractivity contribution in [2.75, 3.05) is 24.5 Å². The van der Waals surface area contributed by atoms with E-state index in [1.165, 1.54) is 0 Å². The van der Waals surface area contributed by atoms with Crippen molar-refractivity contribution in [2.45, 2.75) is 12.2 Å². The maximum atomic E-state index is 12.3.